The normalized spacial score (nSPS) is 13.0. The Bertz CT molecular complexity index is 274. The lowest BCUT2D eigenvalue weighted by atomic mass is 9.95. The fraction of sp³-hybridized carbons (Fsp3) is 1.00. The molecule has 0 aromatic carbocycles. The molecule has 0 aliphatic carbocycles. The van der Waals surface area contributed by atoms with Gasteiger partial charge in [-0.3, -0.25) is 4.55 Å². The molecule has 0 bridgehead atoms. The van der Waals surface area contributed by atoms with Crippen molar-refractivity contribution in [2.45, 2.75) is 18.4 Å². The second-order valence-corrected chi connectivity index (χ2v) is 5.21. The van der Waals surface area contributed by atoms with Gasteiger partial charge in [0, 0.05) is 13.2 Å². The molecule has 0 saturated carbocycles. The Hall–Kier alpha value is -0.250. The van der Waals surface area contributed by atoms with Crippen molar-refractivity contribution in [3.8, 4) is 0 Å². The van der Waals surface area contributed by atoms with Crippen molar-refractivity contribution in [3.05, 3.63) is 0 Å². The molecule has 0 spiro atoms. The number of hydrogen-bond acceptors (Lipinski definition) is 6. The van der Waals surface area contributed by atoms with E-state index in [-0.39, 0.29) is 26.4 Å². The molecule has 0 atom stereocenters. The first-order valence-corrected chi connectivity index (χ1v) is 6.53. The highest BCUT2D eigenvalue weighted by Crippen LogP contribution is 2.11. The average Bonchev–Trinajstić information content (AvgIpc) is 2.22. The Balaban J connectivity index is 4.21. The van der Waals surface area contributed by atoms with Gasteiger partial charge in [-0.15, -0.1) is 0 Å². The van der Waals surface area contributed by atoms with Gasteiger partial charge in [-0.25, -0.2) is 0 Å². The number of nitrogens with one attached hydrogen (secondary N) is 1. The maximum absolute atomic E-state index is 10.5. The molecule has 0 fully saturated rings. The average molecular weight is 257 g/mol. The molecule has 0 aliphatic heterocycles. The van der Waals surface area contributed by atoms with Crippen molar-refractivity contribution in [2.75, 3.05) is 32.1 Å². The summed E-state index contributed by atoms with van der Waals surface area (Å²) in [6.45, 7) is -0.920. The van der Waals surface area contributed by atoms with E-state index in [1.54, 1.807) is 0 Å². The molecular weight excluding hydrogens is 238 g/mol. The summed E-state index contributed by atoms with van der Waals surface area (Å²) in [6, 6.07) is 0. The maximum Gasteiger partial charge on any atom is 0.266 e. The smallest absolute Gasteiger partial charge is 0.266 e. The first kappa shape index (κ1) is 15.8. The lowest BCUT2D eigenvalue weighted by Crippen LogP contribution is -2.53. The summed E-state index contributed by atoms with van der Waals surface area (Å²) in [5.74, 6) is -0.492. The van der Waals surface area contributed by atoms with Crippen molar-refractivity contribution in [1.29, 1.82) is 0 Å². The molecule has 7 nitrogen and oxygen atoms in total. The SMILES string of the molecule is O=S(=O)(O)CCNC(CO)(CO)CCCO. The van der Waals surface area contributed by atoms with Gasteiger partial charge in [0.15, 0.2) is 0 Å². The zero-order valence-electron chi connectivity index (χ0n) is 8.96. The molecule has 0 saturated heterocycles. The van der Waals surface area contributed by atoms with E-state index in [2.05, 4.69) is 5.32 Å². The van der Waals surface area contributed by atoms with E-state index < -0.39 is 21.4 Å². The van der Waals surface area contributed by atoms with Gasteiger partial charge < -0.3 is 20.6 Å². The number of hydrogen-bond donors (Lipinski definition) is 5. The summed E-state index contributed by atoms with van der Waals surface area (Å²) in [7, 11) is -4.06. The lowest BCUT2D eigenvalue weighted by molar-refractivity contribution is 0.0794. The second kappa shape index (κ2) is 7.15. The minimum atomic E-state index is -4.06. The summed E-state index contributed by atoms with van der Waals surface area (Å²) in [4.78, 5) is 0. The van der Waals surface area contributed by atoms with E-state index >= 15 is 0 Å². The molecule has 0 aromatic heterocycles. The van der Waals surface area contributed by atoms with Gasteiger partial charge in [-0.05, 0) is 12.8 Å². The molecule has 0 rings (SSSR count). The van der Waals surface area contributed by atoms with E-state index in [0.29, 0.717) is 12.8 Å². The molecular formula is C8H19NO6S. The predicted octanol–water partition coefficient (Wildman–Crippen LogP) is -2.04. The summed E-state index contributed by atoms with van der Waals surface area (Å²) >= 11 is 0. The van der Waals surface area contributed by atoms with Crippen molar-refractivity contribution in [1.82, 2.24) is 5.32 Å². The highest BCUT2D eigenvalue weighted by molar-refractivity contribution is 7.85. The van der Waals surface area contributed by atoms with Gasteiger partial charge in [0.25, 0.3) is 10.1 Å². The third-order valence-electron chi connectivity index (χ3n) is 2.28. The molecule has 8 heteroatoms. The molecule has 0 heterocycles. The Morgan fingerprint density at radius 1 is 1.12 bits per heavy atom. The molecule has 0 amide bonds. The molecule has 0 unspecified atom stereocenters. The minimum absolute atomic E-state index is 0.0780. The van der Waals surface area contributed by atoms with Crippen LogP contribution in [0.25, 0.3) is 0 Å². The van der Waals surface area contributed by atoms with Crippen LogP contribution in [0.4, 0.5) is 0 Å². The maximum atomic E-state index is 10.5. The molecule has 98 valence electrons. The van der Waals surface area contributed by atoms with E-state index in [0.717, 1.165) is 0 Å². The van der Waals surface area contributed by atoms with Crippen LogP contribution in [0.15, 0.2) is 0 Å². The number of rotatable bonds is 9. The monoisotopic (exact) mass is 257 g/mol. The van der Waals surface area contributed by atoms with Gasteiger partial charge in [0.2, 0.25) is 0 Å². The zero-order valence-corrected chi connectivity index (χ0v) is 9.78. The Morgan fingerprint density at radius 3 is 2.06 bits per heavy atom. The third kappa shape index (κ3) is 6.36. The van der Waals surface area contributed by atoms with E-state index in [1.807, 2.05) is 0 Å². The summed E-state index contributed by atoms with van der Waals surface area (Å²) in [5, 5.41) is 29.6. The molecule has 0 aliphatic rings. The lowest BCUT2D eigenvalue weighted by Gasteiger charge is -2.30. The van der Waals surface area contributed by atoms with E-state index in [1.165, 1.54) is 0 Å². The highest BCUT2D eigenvalue weighted by atomic mass is 32.2. The topological polar surface area (TPSA) is 127 Å². The number of aliphatic hydroxyl groups is 3. The van der Waals surface area contributed by atoms with Crippen LogP contribution in [0.5, 0.6) is 0 Å². The van der Waals surface area contributed by atoms with Crippen LogP contribution in [-0.4, -0.2) is 65.9 Å². The first-order valence-electron chi connectivity index (χ1n) is 4.92. The second-order valence-electron chi connectivity index (χ2n) is 3.64. The Kier molecular flexibility index (Phi) is 7.04. The standard InChI is InChI=1S/C8H19NO6S/c10-4-1-2-8(6-11,7-12)9-3-5-16(13,14)15/h9-12H,1-7H2,(H,13,14,15). The zero-order chi connectivity index (χ0) is 12.7. The van der Waals surface area contributed by atoms with E-state index in [9.17, 15) is 8.42 Å². The summed E-state index contributed by atoms with van der Waals surface area (Å²) in [5.41, 5.74) is -1.02. The van der Waals surface area contributed by atoms with Gasteiger partial charge in [-0.2, -0.15) is 8.42 Å². The summed E-state index contributed by atoms with van der Waals surface area (Å²) < 4.78 is 29.4. The van der Waals surface area contributed by atoms with Crippen LogP contribution in [-0.2, 0) is 10.1 Å². The van der Waals surface area contributed by atoms with Gasteiger partial charge >= 0.3 is 0 Å². The first-order chi connectivity index (χ1) is 7.39. The third-order valence-corrected chi connectivity index (χ3v) is 3.00. The quantitative estimate of drug-likeness (QED) is 0.301. The van der Waals surface area contributed by atoms with Gasteiger partial charge in [-0.1, -0.05) is 0 Å². The van der Waals surface area contributed by atoms with Gasteiger partial charge in [0.1, 0.15) is 0 Å². The van der Waals surface area contributed by atoms with Crippen LogP contribution in [0.2, 0.25) is 0 Å². The highest BCUT2D eigenvalue weighted by Gasteiger charge is 2.27. The van der Waals surface area contributed by atoms with E-state index in [4.69, 9.17) is 19.9 Å². The summed E-state index contributed by atoms with van der Waals surface area (Å²) in [6.07, 6.45) is 0.683. The Morgan fingerprint density at radius 2 is 1.69 bits per heavy atom. The molecule has 0 aromatic rings. The number of aliphatic hydroxyl groups excluding tert-OH is 3. The van der Waals surface area contributed by atoms with Crippen molar-refractivity contribution < 1.29 is 28.3 Å². The van der Waals surface area contributed by atoms with Crippen molar-refractivity contribution in [3.63, 3.8) is 0 Å². The van der Waals surface area contributed by atoms with Crippen molar-refractivity contribution in [2.24, 2.45) is 0 Å². The fourth-order valence-electron chi connectivity index (χ4n) is 1.27. The van der Waals surface area contributed by atoms with Crippen LogP contribution < -0.4 is 5.32 Å². The van der Waals surface area contributed by atoms with Gasteiger partial charge in [0.05, 0.1) is 24.5 Å². The fourth-order valence-corrected chi connectivity index (χ4v) is 1.63. The predicted molar refractivity (Wildman–Crippen MR) is 57.6 cm³/mol. The van der Waals surface area contributed by atoms with Crippen molar-refractivity contribution >= 4 is 10.1 Å². The minimum Gasteiger partial charge on any atom is -0.396 e. The van der Waals surface area contributed by atoms with Crippen LogP contribution >= 0.6 is 0 Å². The van der Waals surface area contributed by atoms with Crippen LogP contribution in [0, 0.1) is 0 Å². The van der Waals surface area contributed by atoms with Crippen LogP contribution in [0.1, 0.15) is 12.8 Å². The Labute approximate surface area is 94.9 Å². The largest absolute Gasteiger partial charge is 0.396 e. The van der Waals surface area contributed by atoms with Crippen LogP contribution in [0.3, 0.4) is 0 Å². The molecule has 16 heavy (non-hydrogen) atoms. The molecule has 5 N–H and O–H groups in total. The molecule has 0 radical (unpaired) electrons.